The molecular weight excluding hydrogens is 303 g/mol. The van der Waals surface area contributed by atoms with Crippen molar-refractivity contribution in [2.75, 3.05) is 31.1 Å². The molecule has 126 valence electrons. The Balaban J connectivity index is 1.48. The minimum atomic E-state index is -0.118. The lowest BCUT2D eigenvalue weighted by Gasteiger charge is -2.28. The fourth-order valence-corrected chi connectivity index (χ4v) is 3.97. The number of rotatable bonds is 2. The van der Waals surface area contributed by atoms with E-state index in [1.54, 1.807) is 12.1 Å². The van der Waals surface area contributed by atoms with Gasteiger partial charge in [0.2, 0.25) is 0 Å². The molecule has 24 heavy (non-hydrogen) atoms. The monoisotopic (exact) mass is 326 g/mol. The van der Waals surface area contributed by atoms with E-state index >= 15 is 0 Å². The molecule has 1 aliphatic carbocycles. The third-order valence-electron chi connectivity index (χ3n) is 5.23. The van der Waals surface area contributed by atoms with Gasteiger partial charge in [0.05, 0.1) is 5.69 Å². The van der Waals surface area contributed by atoms with Gasteiger partial charge in [-0.15, -0.1) is 5.10 Å². The van der Waals surface area contributed by atoms with Crippen LogP contribution in [-0.2, 0) is 6.42 Å². The first kappa shape index (κ1) is 15.5. The van der Waals surface area contributed by atoms with Crippen molar-refractivity contribution in [3.05, 3.63) is 53.0 Å². The molecule has 0 saturated carbocycles. The molecule has 0 radical (unpaired) electrons. The summed E-state index contributed by atoms with van der Waals surface area (Å²) in [6.45, 7) is 5.93. The summed E-state index contributed by atoms with van der Waals surface area (Å²) in [4.78, 5) is 4.83. The second kappa shape index (κ2) is 6.48. The zero-order valence-corrected chi connectivity index (χ0v) is 14.1. The van der Waals surface area contributed by atoms with Gasteiger partial charge in [0.25, 0.3) is 0 Å². The van der Waals surface area contributed by atoms with E-state index in [1.807, 2.05) is 19.1 Å². The molecule has 0 amide bonds. The first-order valence-corrected chi connectivity index (χ1v) is 8.78. The molecule has 1 aliphatic heterocycles. The van der Waals surface area contributed by atoms with Crippen molar-refractivity contribution in [1.82, 2.24) is 15.1 Å². The van der Waals surface area contributed by atoms with E-state index in [2.05, 4.69) is 26.1 Å². The van der Waals surface area contributed by atoms with Crippen LogP contribution in [0.15, 0.2) is 30.3 Å². The Kier molecular flexibility index (Phi) is 4.19. The predicted octanol–water partition coefficient (Wildman–Crippen LogP) is 3.12. The number of hydrogen-bond donors (Lipinski definition) is 0. The first-order chi connectivity index (χ1) is 11.7. The average molecular weight is 326 g/mol. The lowest BCUT2D eigenvalue weighted by Crippen LogP contribution is -2.33. The summed E-state index contributed by atoms with van der Waals surface area (Å²) in [7, 11) is 0. The van der Waals surface area contributed by atoms with Crippen LogP contribution in [0.4, 0.5) is 10.2 Å². The lowest BCUT2D eigenvalue weighted by atomic mass is 10.1. The molecule has 1 aromatic carbocycles. The standard InChI is InChI=1S/C19H23FN4/c1-14-3-8-19(22-21-14)24-10-2-9-23(11-12-24)18-7-5-15-4-6-16(20)13-17(15)18/h3-4,6,8,13,18H,2,5,7,9-12H2,1H3/t18-/m1/s1. The Bertz CT molecular complexity index is 716. The molecule has 4 nitrogen and oxygen atoms in total. The van der Waals surface area contributed by atoms with E-state index in [9.17, 15) is 4.39 Å². The van der Waals surface area contributed by atoms with Crippen molar-refractivity contribution >= 4 is 5.82 Å². The second-order valence-corrected chi connectivity index (χ2v) is 6.81. The van der Waals surface area contributed by atoms with E-state index in [4.69, 9.17) is 0 Å². The smallest absolute Gasteiger partial charge is 0.151 e. The van der Waals surface area contributed by atoms with Crippen LogP contribution in [0.5, 0.6) is 0 Å². The summed E-state index contributed by atoms with van der Waals surface area (Å²) < 4.78 is 13.7. The predicted molar refractivity (Wildman–Crippen MR) is 92.6 cm³/mol. The summed E-state index contributed by atoms with van der Waals surface area (Å²) in [5, 5.41) is 8.50. The Labute approximate surface area is 142 Å². The minimum Gasteiger partial charge on any atom is -0.354 e. The van der Waals surface area contributed by atoms with Gasteiger partial charge in [-0.25, -0.2) is 4.39 Å². The Hall–Kier alpha value is -2.01. The summed E-state index contributed by atoms with van der Waals surface area (Å²) in [5.41, 5.74) is 3.45. The molecule has 2 heterocycles. The normalized spacial score (nSPS) is 21.6. The molecule has 1 fully saturated rings. The Morgan fingerprint density at radius 2 is 1.96 bits per heavy atom. The number of halogens is 1. The number of hydrogen-bond acceptors (Lipinski definition) is 4. The van der Waals surface area contributed by atoms with Crippen LogP contribution in [0, 0.1) is 12.7 Å². The van der Waals surface area contributed by atoms with E-state index in [0.29, 0.717) is 6.04 Å². The summed E-state index contributed by atoms with van der Waals surface area (Å²) in [5.74, 6) is 0.840. The molecule has 2 aliphatic rings. The Morgan fingerprint density at radius 3 is 2.79 bits per heavy atom. The van der Waals surface area contributed by atoms with Gasteiger partial charge in [0.1, 0.15) is 5.82 Å². The largest absolute Gasteiger partial charge is 0.354 e. The molecular formula is C19H23FN4. The van der Waals surface area contributed by atoms with Gasteiger partial charge in [-0.05, 0) is 61.6 Å². The van der Waals surface area contributed by atoms with Gasteiger partial charge < -0.3 is 4.90 Å². The van der Waals surface area contributed by atoms with Gasteiger partial charge >= 0.3 is 0 Å². The van der Waals surface area contributed by atoms with Crippen LogP contribution in [0.25, 0.3) is 0 Å². The van der Waals surface area contributed by atoms with Crippen molar-refractivity contribution < 1.29 is 4.39 Å². The fraction of sp³-hybridized carbons (Fsp3) is 0.474. The maximum atomic E-state index is 13.7. The van der Waals surface area contributed by atoms with Crippen LogP contribution in [0.2, 0.25) is 0 Å². The zero-order valence-electron chi connectivity index (χ0n) is 14.1. The molecule has 0 unspecified atom stereocenters. The Morgan fingerprint density at radius 1 is 1.04 bits per heavy atom. The molecule has 2 aromatic rings. The average Bonchev–Trinajstić information content (AvgIpc) is 2.84. The highest BCUT2D eigenvalue weighted by Crippen LogP contribution is 2.36. The number of aryl methyl sites for hydroxylation is 2. The minimum absolute atomic E-state index is 0.118. The van der Waals surface area contributed by atoms with Gasteiger partial charge in [-0.1, -0.05) is 6.07 Å². The highest BCUT2D eigenvalue weighted by atomic mass is 19.1. The number of anilines is 1. The maximum absolute atomic E-state index is 13.7. The van der Waals surface area contributed by atoms with Crippen molar-refractivity contribution in [3.63, 3.8) is 0 Å². The van der Waals surface area contributed by atoms with Crippen molar-refractivity contribution in [1.29, 1.82) is 0 Å². The third-order valence-corrected chi connectivity index (χ3v) is 5.23. The maximum Gasteiger partial charge on any atom is 0.151 e. The van der Waals surface area contributed by atoms with Gasteiger partial charge in [0, 0.05) is 32.2 Å². The van der Waals surface area contributed by atoms with Crippen LogP contribution in [-0.4, -0.2) is 41.3 Å². The summed E-state index contributed by atoms with van der Waals surface area (Å²) in [6, 6.07) is 9.71. The molecule has 0 spiro atoms. The lowest BCUT2D eigenvalue weighted by molar-refractivity contribution is 0.210. The van der Waals surface area contributed by atoms with E-state index in [1.165, 1.54) is 11.1 Å². The molecule has 1 aromatic heterocycles. The number of benzene rings is 1. The van der Waals surface area contributed by atoms with E-state index in [0.717, 1.165) is 57.0 Å². The fourth-order valence-electron chi connectivity index (χ4n) is 3.97. The molecule has 1 saturated heterocycles. The number of fused-ring (bicyclic) bond motifs is 1. The van der Waals surface area contributed by atoms with Crippen molar-refractivity contribution in [2.24, 2.45) is 0 Å². The van der Waals surface area contributed by atoms with E-state index in [-0.39, 0.29) is 5.82 Å². The van der Waals surface area contributed by atoms with Crippen molar-refractivity contribution in [3.8, 4) is 0 Å². The van der Waals surface area contributed by atoms with E-state index < -0.39 is 0 Å². The van der Waals surface area contributed by atoms with Gasteiger partial charge in [-0.2, -0.15) is 5.10 Å². The van der Waals surface area contributed by atoms with Crippen LogP contribution in [0.1, 0.15) is 35.7 Å². The quantitative estimate of drug-likeness (QED) is 0.849. The van der Waals surface area contributed by atoms with Crippen molar-refractivity contribution in [2.45, 2.75) is 32.2 Å². The summed E-state index contributed by atoms with van der Waals surface area (Å²) in [6.07, 6.45) is 3.25. The van der Waals surface area contributed by atoms with Crippen LogP contribution >= 0.6 is 0 Å². The van der Waals surface area contributed by atoms with Crippen LogP contribution in [0.3, 0.4) is 0 Å². The number of nitrogens with zero attached hydrogens (tertiary/aromatic N) is 4. The molecule has 5 heteroatoms. The molecule has 1 atom stereocenters. The van der Waals surface area contributed by atoms with Gasteiger partial charge in [-0.3, -0.25) is 4.90 Å². The second-order valence-electron chi connectivity index (χ2n) is 6.81. The summed E-state index contributed by atoms with van der Waals surface area (Å²) >= 11 is 0. The topological polar surface area (TPSA) is 32.3 Å². The first-order valence-electron chi connectivity index (χ1n) is 8.78. The highest BCUT2D eigenvalue weighted by molar-refractivity contribution is 5.38. The van der Waals surface area contributed by atoms with Gasteiger partial charge in [0.15, 0.2) is 5.82 Å². The SMILES string of the molecule is Cc1ccc(N2CCCN([C@@H]3CCc4ccc(F)cc43)CC2)nn1. The zero-order chi connectivity index (χ0) is 16.5. The molecule has 0 bridgehead atoms. The third kappa shape index (κ3) is 3.00. The molecule has 4 rings (SSSR count). The van der Waals surface area contributed by atoms with Crippen LogP contribution < -0.4 is 4.90 Å². The highest BCUT2D eigenvalue weighted by Gasteiger charge is 2.29. The number of aromatic nitrogens is 2. The molecule has 0 N–H and O–H groups in total.